The van der Waals surface area contributed by atoms with Gasteiger partial charge in [-0.25, -0.2) is 0 Å². The van der Waals surface area contributed by atoms with Crippen molar-refractivity contribution < 1.29 is 9.53 Å². The highest BCUT2D eigenvalue weighted by atomic mass is 32.2. The van der Waals surface area contributed by atoms with Gasteiger partial charge in [-0.2, -0.15) is 0 Å². The molecule has 0 atom stereocenters. The van der Waals surface area contributed by atoms with Crippen molar-refractivity contribution in [2.24, 2.45) is 0 Å². The lowest BCUT2D eigenvalue weighted by Crippen LogP contribution is -2.41. The van der Waals surface area contributed by atoms with Crippen LogP contribution in [0.4, 0.5) is 0 Å². The van der Waals surface area contributed by atoms with Crippen molar-refractivity contribution >= 4 is 17.7 Å². The number of thioether (sulfide) groups is 1. The molecule has 0 saturated carbocycles. The number of hydrogen-bond donors (Lipinski definition) is 0. The van der Waals surface area contributed by atoms with Gasteiger partial charge in [-0.05, 0) is 24.1 Å². The van der Waals surface area contributed by atoms with Crippen LogP contribution in [0.25, 0.3) is 17.1 Å². The van der Waals surface area contributed by atoms with Gasteiger partial charge in [-0.3, -0.25) is 9.36 Å². The van der Waals surface area contributed by atoms with Crippen LogP contribution in [-0.4, -0.2) is 57.6 Å². The molecule has 4 rings (SSSR count). The van der Waals surface area contributed by atoms with Crippen molar-refractivity contribution in [3.63, 3.8) is 0 Å². The van der Waals surface area contributed by atoms with E-state index in [9.17, 15) is 4.79 Å². The van der Waals surface area contributed by atoms with Crippen molar-refractivity contribution in [1.82, 2.24) is 19.7 Å². The van der Waals surface area contributed by atoms with E-state index in [2.05, 4.69) is 41.4 Å². The summed E-state index contributed by atoms with van der Waals surface area (Å²) < 4.78 is 7.37. The Labute approximate surface area is 174 Å². The Morgan fingerprint density at radius 1 is 1.03 bits per heavy atom. The van der Waals surface area contributed by atoms with Gasteiger partial charge in [-0.1, -0.05) is 61.2 Å². The summed E-state index contributed by atoms with van der Waals surface area (Å²) in [5, 5.41) is 9.57. The molecule has 6 nitrogen and oxygen atoms in total. The number of aryl methyl sites for hydroxylation is 1. The molecule has 0 radical (unpaired) electrons. The van der Waals surface area contributed by atoms with E-state index in [-0.39, 0.29) is 5.91 Å². The Hall–Kier alpha value is -2.64. The number of benzene rings is 2. The number of amides is 1. The Kier molecular flexibility index (Phi) is 6.27. The van der Waals surface area contributed by atoms with Crippen molar-refractivity contribution in [1.29, 1.82) is 0 Å². The number of aromatic nitrogens is 3. The molecule has 0 N–H and O–H groups in total. The van der Waals surface area contributed by atoms with Crippen LogP contribution in [0.5, 0.6) is 0 Å². The van der Waals surface area contributed by atoms with Gasteiger partial charge in [0.05, 0.1) is 19.0 Å². The van der Waals surface area contributed by atoms with Crippen LogP contribution in [-0.2, 0) is 16.0 Å². The topological polar surface area (TPSA) is 60.2 Å². The fourth-order valence-corrected chi connectivity index (χ4v) is 4.14. The number of carbonyl (C=O) groups excluding carboxylic acids is 1. The summed E-state index contributed by atoms with van der Waals surface area (Å²) in [5.41, 5.74) is 3.26. The fraction of sp³-hybridized carbons (Fsp3) is 0.318. The summed E-state index contributed by atoms with van der Waals surface area (Å²) in [6, 6.07) is 18.4. The summed E-state index contributed by atoms with van der Waals surface area (Å²) in [7, 11) is 0. The second-order valence-electron chi connectivity index (χ2n) is 6.81. The maximum atomic E-state index is 12.6. The molecule has 2 heterocycles. The van der Waals surface area contributed by atoms with E-state index in [4.69, 9.17) is 4.74 Å². The van der Waals surface area contributed by atoms with Crippen LogP contribution in [0, 0.1) is 0 Å². The lowest BCUT2D eigenvalue weighted by Gasteiger charge is -2.26. The normalized spacial score (nSPS) is 14.2. The third-order valence-corrected chi connectivity index (χ3v) is 5.87. The molecular weight excluding hydrogens is 384 g/mol. The summed E-state index contributed by atoms with van der Waals surface area (Å²) in [6.07, 6.45) is 0.990. The van der Waals surface area contributed by atoms with Gasteiger partial charge >= 0.3 is 0 Å². The van der Waals surface area contributed by atoms with Gasteiger partial charge in [0.1, 0.15) is 0 Å². The maximum absolute atomic E-state index is 12.6. The Bertz CT molecular complexity index is 951. The minimum absolute atomic E-state index is 0.107. The average Bonchev–Trinajstić information content (AvgIpc) is 3.22. The first-order chi connectivity index (χ1) is 14.3. The first-order valence-corrected chi connectivity index (χ1v) is 10.8. The summed E-state index contributed by atoms with van der Waals surface area (Å²) in [4.78, 5) is 14.4. The molecule has 0 bridgehead atoms. The fourth-order valence-electron chi connectivity index (χ4n) is 3.28. The minimum Gasteiger partial charge on any atom is -0.378 e. The highest BCUT2D eigenvalue weighted by molar-refractivity contribution is 7.99. The van der Waals surface area contributed by atoms with Crippen molar-refractivity contribution in [3.05, 3.63) is 60.2 Å². The molecule has 1 fully saturated rings. The van der Waals surface area contributed by atoms with Gasteiger partial charge in [0.25, 0.3) is 0 Å². The second-order valence-corrected chi connectivity index (χ2v) is 7.75. The number of rotatable bonds is 6. The van der Waals surface area contributed by atoms with Gasteiger partial charge in [0, 0.05) is 24.3 Å². The third kappa shape index (κ3) is 4.52. The molecule has 1 amide bonds. The molecule has 0 aliphatic carbocycles. The Morgan fingerprint density at radius 3 is 2.45 bits per heavy atom. The Balaban J connectivity index is 1.62. The highest BCUT2D eigenvalue weighted by Gasteiger charge is 2.20. The molecule has 0 unspecified atom stereocenters. The van der Waals surface area contributed by atoms with Gasteiger partial charge in [-0.15, -0.1) is 10.2 Å². The van der Waals surface area contributed by atoms with E-state index < -0.39 is 0 Å². The molecule has 150 valence electrons. The number of nitrogens with zero attached hydrogens (tertiary/aromatic N) is 4. The molecular formula is C22H24N4O2S. The minimum atomic E-state index is 0.107. The summed E-state index contributed by atoms with van der Waals surface area (Å²) in [6.45, 7) is 4.66. The van der Waals surface area contributed by atoms with E-state index in [0.29, 0.717) is 32.1 Å². The van der Waals surface area contributed by atoms with Gasteiger partial charge in [0.2, 0.25) is 5.91 Å². The van der Waals surface area contributed by atoms with E-state index in [1.54, 1.807) is 0 Å². The first kappa shape index (κ1) is 19.7. The predicted octanol–water partition coefficient (Wildman–Crippen LogP) is 3.45. The molecule has 1 aliphatic heterocycles. The molecule has 29 heavy (non-hydrogen) atoms. The van der Waals surface area contributed by atoms with Crippen LogP contribution < -0.4 is 0 Å². The number of morpholine rings is 1. The standard InChI is InChI=1S/C22H24N4O2S/c1-2-17-8-10-19(11-9-17)26-21(18-6-4-3-5-7-18)23-24-22(26)29-16-20(27)25-12-14-28-15-13-25/h3-11H,2,12-16H2,1H3. The lowest BCUT2D eigenvalue weighted by atomic mass is 10.1. The Morgan fingerprint density at radius 2 is 1.76 bits per heavy atom. The maximum Gasteiger partial charge on any atom is 0.233 e. The molecule has 7 heteroatoms. The largest absolute Gasteiger partial charge is 0.378 e. The smallest absolute Gasteiger partial charge is 0.233 e. The van der Waals surface area contributed by atoms with E-state index in [1.165, 1.54) is 17.3 Å². The number of hydrogen-bond acceptors (Lipinski definition) is 5. The lowest BCUT2D eigenvalue weighted by molar-refractivity contribution is -0.132. The zero-order chi connectivity index (χ0) is 20.1. The molecule has 1 saturated heterocycles. The number of carbonyl (C=O) groups is 1. The first-order valence-electron chi connectivity index (χ1n) is 9.84. The second kappa shape index (κ2) is 9.24. The third-order valence-electron chi connectivity index (χ3n) is 4.96. The van der Waals surface area contributed by atoms with Crippen LogP contribution in [0.2, 0.25) is 0 Å². The van der Waals surface area contributed by atoms with Crippen LogP contribution in [0.3, 0.4) is 0 Å². The van der Waals surface area contributed by atoms with Crippen LogP contribution >= 0.6 is 11.8 Å². The van der Waals surface area contributed by atoms with Crippen molar-refractivity contribution in [2.75, 3.05) is 32.1 Å². The van der Waals surface area contributed by atoms with E-state index >= 15 is 0 Å². The molecule has 1 aliphatic rings. The van der Waals surface area contributed by atoms with E-state index in [1.807, 2.05) is 39.8 Å². The zero-order valence-corrected chi connectivity index (χ0v) is 17.3. The average molecular weight is 409 g/mol. The predicted molar refractivity (Wildman–Crippen MR) is 114 cm³/mol. The molecule has 2 aromatic carbocycles. The van der Waals surface area contributed by atoms with Gasteiger partial charge < -0.3 is 9.64 Å². The van der Waals surface area contributed by atoms with Gasteiger partial charge in [0.15, 0.2) is 11.0 Å². The van der Waals surface area contributed by atoms with Crippen molar-refractivity contribution in [3.8, 4) is 17.1 Å². The highest BCUT2D eigenvalue weighted by Crippen LogP contribution is 2.28. The molecule has 1 aromatic heterocycles. The molecule has 0 spiro atoms. The zero-order valence-electron chi connectivity index (χ0n) is 16.5. The van der Waals surface area contributed by atoms with Crippen molar-refractivity contribution in [2.45, 2.75) is 18.5 Å². The summed E-state index contributed by atoms with van der Waals surface area (Å²) in [5.74, 6) is 1.21. The van der Waals surface area contributed by atoms with Crippen LogP contribution in [0.15, 0.2) is 59.8 Å². The summed E-state index contributed by atoms with van der Waals surface area (Å²) >= 11 is 1.43. The quantitative estimate of drug-likeness (QED) is 0.585. The van der Waals surface area contributed by atoms with E-state index in [0.717, 1.165) is 28.7 Å². The number of ether oxygens (including phenoxy) is 1. The van der Waals surface area contributed by atoms with Crippen LogP contribution in [0.1, 0.15) is 12.5 Å². The SMILES string of the molecule is CCc1ccc(-n2c(SCC(=O)N3CCOCC3)nnc2-c2ccccc2)cc1. The monoisotopic (exact) mass is 408 g/mol. The molecule has 3 aromatic rings.